The Labute approximate surface area is 148 Å². The lowest BCUT2D eigenvalue weighted by atomic mass is 9.48. The fraction of sp³-hybridized carbons (Fsp3) is 0.789. The second-order valence-corrected chi connectivity index (χ2v) is 8.35. The van der Waals surface area contributed by atoms with E-state index in [4.69, 9.17) is 14.2 Å². The van der Waals surface area contributed by atoms with Crippen LogP contribution in [0.25, 0.3) is 0 Å². The van der Waals surface area contributed by atoms with Gasteiger partial charge < -0.3 is 19.5 Å². The number of carbonyl (C=O) groups is 2. The second-order valence-electron chi connectivity index (χ2n) is 8.35. The van der Waals surface area contributed by atoms with Gasteiger partial charge in [-0.25, -0.2) is 4.79 Å². The zero-order chi connectivity index (χ0) is 17.4. The Kier molecular flexibility index (Phi) is 4.38. The van der Waals surface area contributed by atoms with E-state index >= 15 is 0 Å². The van der Waals surface area contributed by atoms with Crippen molar-refractivity contribution in [2.75, 3.05) is 19.8 Å². The summed E-state index contributed by atoms with van der Waals surface area (Å²) < 4.78 is 15.2. The van der Waals surface area contributed by atoms with Gasteiger partial charge in [-0.05, 0) is 68.6 Å². The first-order chi connectivity index (χ1) is 12.0. The zero-order valence-corrected chi connectivity index (χ0v) is 14.8. The summed E-state index contributed by atoms with van der Waals surface area (Å²) in [6.45, 7) is 2.57. The molecule has 1 N–H and O–H groups in total. The minimum Gasteiger partial charge on any atom is -0.493 e. The van der Waals surface area contributed by atoms with Gasteiger partial charge in [0.15, 0.2) is 6.61 Å². The maximum atomic E-state index is 12.3. The van der Waals surface area contributed by atoms with Crippen LogP contribution in [0.5, 0.6) is 0 Å². The molecule has 0 aromatic rings. The van der Waals surface area contributed by atoms with E-state index in [-0.39, 0.29) is 29.7 Å². The number of ether oxygens (including phenoxy) is 3. The average molecular weight is 349 g/mol. The van der Waals surface area contributed by atoms with Crippen LogP contribution in [-0.2, 0) is 23.8 Å². The van der Waals surface area contributed by atoms with Gasteiger partial charge in [-0.2, -0.15) is 0 Å². The number of esters is 1. The van der Waals surface area contributed by atoms with E-state index in [1.54, 1.807) is 0 Å². The zero-order valence-electron chi connectivity index (χ0n) is 14.8. The quantitative estimate of drug-likeness (QED) is 0.770. The minimum absolute atomic E-state index is 0.0215. The third kappa shape index (κ3) is 3.35. The molecule has 5 aliphatic rings. The lowest BCUT2D eigenvalue weighted by molar-refractivity contribution is -0.150. The first kappa shape index (κ1) is 16.7. The van der Waals surface area contributed by atoms with Gasteiger partial charge in [0.2, 0.25) is 5.76 Å². The van der Waals surface area contributed by atoms with E-state index in [9.17, 15) is 9.59 Å². The van der Waals surface area contributed by atoms with Crippen molar-refractivity contribution in [3.63, 3.8) is 0 Å². The summed E-state index contributed by atoms with van der Waals surface area (Å²) in [6.07, 6.45) is 9.09. The average Bonchev–Trinajstić information content (AvgIpc) is 2.59. The molecule has 1 heterocycles. The molecule has 1 atom stereocenters. The van der Waals surface area contributed by atoms with Crippen molar-refractivity contribution < 1.29 is 23.8 Å². The first-order valence-electron chi connectivity index (χ1n) is 9.45. The number of hydrogen-bond acceptors (Lipinski definition) is 5. The first-order valence-corrected chi connectivity index (χ1v) is 9.45. The molecular weight excluding hydrogens is 322 g/mol. The van der Waals surface area contributed by atoms with Gasteiger partial charge in [0.1, 0.15) is 19.5 Å². The van der Waals surface area contributed by atoms with E-state index in [1.165, 1.54) is 44.8 Å². The molecule has 138 valence electrons. The topological polar surface area (TPSA) is 73.9 Å². The van der Waals surface area contributed by atoms with Gasteiger partial charge in [-0.15, -0.1) is 0 Å². The number of hydrogen-bond donors (Lipinski definition) is 1. The second kappa shape index (κ2) is 6.54. The van der Waals surface area contributed by atoms with Crippen molar-refractivity contribution in [2.45, 2.75) is 51.5 Å². The predicted octanol–water partition coefficient (Wildman–Crippen LogP) is 2.14. The molecule has 6 nitrogen and oxygen atoms in total. The summed E-state index contributed by atoms with van der Waals surface area (Å²) >= 11 is 0. The molecule has 4 fully saturated rings. The van der Waals surface area contributed by atoms with Gasteiger partial charge in [0.25, 0.3) is 5.91 Å². The highest BCUT2D eigenvalue weighted by Gasteiger charge is 2.53. The summed E-state index contributed by atoms with van der Waals surface area (Å²) in [6, 6.07) is 0.126. The monoisotopic (exact) mass is 349 g/mol. The summed E-state index contributed by atoms with van der Waals surface area (Å²) in [5.74, 6) is 1.66. The van der Waals surface area contributed by atoms with Gasteiger partial charge >= 0.3 is 5.97 Å². The molecular formula is C19H27NO5. The van der Waals surface area contributed by atoms with E-state index in [0.717, 1.165) is 17.8 Å². The molecule has 1 aliphatic heterocycles. The number of amides is 1. The largest absolute Gasteiger partial charge is 0.493 e. The van der Waals surface area contributed by atoms with Gasteiger partial charge in [0, 0.05) is 6.04 Å². The van der Waals surface area contributed by atoms with E-state index < -0.39 is 5.97 Å². The van der Waals surface area contributed by atoms with Crippen molar-refractivity contribution >= 4 is 11.9 Å². The smallest absolute Gasteiger partial charge is 0.377 e. The Morgan fingerprint density at radius 3 is 2.40 bits per heavy atom. The van der Waals surface area contributed by atoms with Crippen LogP contribution in [0.3, 0.4) is 0 Å². The predicted molar refractivity (Wildman–Crippen MR) is 89.2 cm³/mol. The molecule has 5 rings (SSSR count). The van der Waals surface area contributed by atoms with Crippen LogP contribution < -0.4 is 5.32 Å². The maximum absolute atomic E-state index is 12.3. The summed E-state index contributed by atoms with van der Waals surface area (Å²) in [5, 5.41) is 3.09. The molecule has 6 heteroatoms. The van der Waals surface area contributed by atoms with Crippen molar-refractivity contribution in [1.29, 1.82) is 0 Å². The Morgan fingerprint density at radius 2 is 1.84 bits per heavy atom. The fourth-order valence-corrected chi connectivity index (χ4v) is 5.82. The molecule has 0 spiro atoms. The van der Waals surface area contributed by atoms with Gasteiger partial charge in [-0.3, -0.25) is 4.79 Å². The molecule has 0 unspecified atom stereocenters. The lowest BCUT2D eigenvalue weighted by Gasteiger charge is -2.59. The van der Waals surface area contributed by atoms with Crippen LogP contribution in [0, 0.1) is 23.2 Å². The Balaban J connectivity index is 1.29. The van der Waals surface area contributed by atoms with Crippen molar-refractivity contribution in [3.8, 4) is 0 Å². The molecule has 4 saturated carbocycles. The Morgan fingerprint density at radius 1 is 1.20 bits per heavy atom. The van der Waals surface area contributed by atoms with Crippen molar-refractivity contribution in [2.24, 2.45) is 23.2 Å². The molecule has 0 radical (unpaired) electrons. The number of rotatable bonds is 5. The van der Waals surface area contributed by atoms with E-state index in [0.29, 0.717) is 13.2 Å². The molecule has 0 aromatic heterocycles. The summed E-state index contributed by atoms with van der Waals surface area (Å²) in [5.41, 5.74) is 0.247. The van der Waals surface area contributed by atoms with Crippen LogP contribution in [0.4, 0.5) is 0 Å². The molecule has 4 bridgehead atoms. The van der Waals surface area contributed by atoms with Crippen LogP contribution in [0.15, 0.2) is 12.0 Å². The maximum Gasteiger partial charge on any atom is 0.377 e. The Bertz CT molecular complexity index is 549. The van der Waals surface area contributed by atoms with Crippen LogP contribution >= 0.6 is 0 Å². The molecule has 0 aromatic carbocycles. The van der Waals surface area contributed by atoms with Crippen molar-refractivity contribution in [1.82, 2.24) is 5.32 Å². The standard InChI is InChI=1S/C19H27NO5/c1-12(19-7-13-4-14(8-19)6-15(5-13)9-19)20-17(21)11-25-18(22)16-10-23-2-3-24-16/h10,12-15H,2-9,11H2,1H3,(H,20,21)/t12-,13?,14?,15?,19?/m0/s1. The van der Waals surface area contributed by atoms with Crippen LogP contribution in [0.1, 0.15) is 45.4 Å². The van der Waals surface area contributed by atoms with Gasteiger partial charge in [-0.1, -0.05) is 0 Å². The molecule has 1 amide bonds. The van der Waals surface area contributed by atoms with Gasteiger partial charge in [0.05, 0.1) is 0 Å². The highest BCUT2D eigenvalue weighted by Crippen LogP contribution is 2.61. The SMILES string of the molecule is C[C@H](NC(=O)COC(=O)C1=COCCO1)C12CC3CC(CC(C3)C1)C2. The molecule has 0 saturated heterocycles. The third-order valence-corrected chi connectivity index (χ3v) is 6.57. The third-order valence-electron chi connectivity index (χ3n) is 6.57. The summed E-state index contributed by atoms with van der Waals surface area (Å²) in [4.78, 5) is 24.1. The number of nitrogens with one attached hydrogen (secondary N) is 1. The fourth-order valence-electron chi connectivity index (χ4n) is 5.82. The normalized spacial score (nSPS) is 36.7. The van der Waals surface area contributed by atoms with Crippen LogP contribution in [-0.4, -0.2) is 37.7 Å². The Hall–Kier alpha value is -1.72. The highest BCUT2D eigenvalue weighted by molar-refractivity contribution is 5.88. The summed E-state index contributed by atoms with van der Waals surface area (Å²) in [7, 11) is 0. The van der Waals surface area contributed by atoms with Crippen molar-refractivity contribution in [3.05, 3.63) is 12.0 Å². The van der Waals surface area contributed by atoms with E-state index in [1.807, 2.05) is 0 Å². The highest BCUT2D eigenvalue weighted by atomic mass is 16.6. The van der Waals surface area contributed by atoms with Crippen LogP contribution in [0.2, 0.25) is 0 Å². The molecule has 25 heavy (non-hydrogen) atoms. The minimum atomic E-state index is -0.655. The van der Waals surface area contributed by atoms with E-state index in [2.05, 4.69) is 12.2 Å². The molecule has 4 aliphatic carbocycles. The lowest BCUT2D eigenvalue weighted by Crippen LogP contribution is -2.56. The number of carbonyl (C=O) groups excluding carboxylic acids is 2.